The summed E-state index contributed by atoms with van der Waals surface area (Å²) in [5.41, 5.74) is 13.0. The lowest BCUT2D eigenvalue weighted by Crippen LogP contribution is -2.58. The number of phenolic OH excluding ortho intramolecular Hbond substituents is 1. The average molecular weight is 595 g/mol. The number of aromatic nitrogens is 1. The molecule has 4 unspecified atom stereocenters. The van der Waals surface area contributed by atoms with Gasteiger partial charge >= 0.3 is 5.97 Å². The minimum atomic E-state index is -1.30. The Kier molecular flexibility index (Phi) is 11.2. The smallest absolute Gasteiger partial charge is 0.326 e. The van der Waals surface area contributed by atoms with Crippen LogP contribution in [0, 0.1) is 5.92 Å². The number of para-hydroxylation sites is 1. The first kappa shape index (κ1) is 32.6. The van der Waals surface area contributed by atoms with Crippen molar-refractivity contribution >= 4 is 40.5 Å². The topological polar surface area (TPSA) is 230 Å². The van der Waals surface area contributed by atoms with Gasteiger partial charge in [0, 0.05) is 29.9 Å². The molecule has 13 nitrogen and oxygen atoms in total. The second kappa shape index (κ2) is 14.8. The summed E-state index contributed by atoms with van der Waals surface area (Å²) < 4.78 is 0. The van der Waals surface area contributed by atoms with E-state index in [0.29, 0.717) is 11.1 Å². The molecule has 0 aliphatic carbocycles. The molecular weight excluding hydrogens is 556 g/mol. The van der Waals surface area contributed by atoms with Crippen LogP contribution in [0.25, 0.3) is 10.9 Å². The van der Waals surface area contributed by atoms with Gasteiger partial charge in [0.2, 0.25) is 23.6 Å². The van der Waals surface area contributed by atoms with Crippen molar-refractivity contribution in [3.63, 3.8) is 0 Å². The Morgan fingerprint density at radius 3 is 2.07 bits per heavy atom. The fourth-order valence-corrected chi connectivity index (χ4v) is 4.63. The molecule has 2 aromatic carbocycles. The number of carbonyl (C=O) groups excluding carboxylic acids is 4. The molecule has 0 spiro atoms. The molecule has 0 radical (unpaired) electrons. The average Bonchev–Trinajstić information content (AvgIpc) is 3.35. The number of carbonyl (C=O) groups is 5. The number of H-pyrrole nitrogens is 1. The fourth-order valence-electron chi connectivity index (χ4n) is 4.63. The van der Waals surface area contributed by atoms with Crippen molar-refractivity contribution in [1.82, 2.24) is 20.9 Å². The Morgan fingerprint density at radius 2 is 1.44 bits per heavy atom. The summed E-state index contributed by atoms with van der Waals surface area (Å²) in [7, 11) is 0. The van der Waals surface area contributed by atoms with E-state index in [1.165, 1.54) is 12.1 Å². The molecule has 3 rings (SSSR count). The maximum Gasteiger partial charge on any atom is 0.326 e. The van der Waals surface area contributed by atoms with Crippen LogP contribution >= 0.6 is 0 Å². The van der Waals surface area contributed by atoms with Crippen molar-refractivity contribution < 1.29 is 34.2 Å². The highest BCUT2D eigenvalue weighted by Crippen LogP contribution is 2.19. The van der Waals surface area contributed by atoms with E-state index in [-0.39, 0.29) is 30.9 Å². The molecule has 1 aromatic heterocycles. The number of rotatable bonds is 15. The summed E-state index contributed by atoms with van der Waals surface area (Å²) in [5, 5.41) is 28.1. The number of hydrogen-bond donors (Lipinski definition) is 8. The van der Waals surface area contributed by atoms with Crippen LogP contribution in [0.15, 0.2) is 54.7 Å². The molecule has 230 valence electrons. The second-order valence-electron chi connectivity index (χ2n) is 10.9. The molecule has 0 saturated heterocycles. The van der Waals surface area contributed by atoms with Gasteiger partial charge in [-0.05, 0) is 41.7 Å². The van der Waals surface area contributed by atoms with Gasteiger partial charge in [0.15, 0.2) is 0 Å². The van der Waals surface area contributed by atoms with E-state index in [2.05, 4.69) is 20.9 Å². The van der Waals surface area contributed by atoms with Crippen molar-refractivity contribution in [2.24, 2.45) is 17.4 Å². The Morgan fingerprint density at radius 1 is 0.837 bits per heavy atom. The number of phenols is 1. The maximum absolute atomic E-state index is 13.5. The molecule has 13 heteroatoms. The molecular formula is C30H38N6O7. The van der Waals surface area contributed by atoms with Crippen molar-refractivity contribution in [1.29, 1.82) is 0 Å². The van der Waals surface area contributed by atoms with Gasteiger partial charge in [0.05, 0.1) is 12.5 Å². The summed E-state index contributed by atoms with van der Waals surface area (Å²) in [5.74, 6) is -4.32. The van der Waals surface area contributed by atoms with E-state index in [9.17, 15) is 34.2 Å². The number of primary amides is 1. The predicted octanol–water partition coefficient (Wildman–Crippen LogP) is 0.447. The highest BCUT2D eigenvalue weighted by atomic mass is 16.4. The number of carboxylic acid groups (broad SMARTS) is 1. The van der Waals surface area contributed by atoms with Gasteiger partial charge in [-0.25, -0.2) is 4.79 Å². The van der Waals surface area contributed by atoms with Crippen molar-refractivity contribution in [2.45, 2.75) is 63.7 Å². The van der Waals surface area contributed by atoms with Crippen LogP contribution in [0.5, 0.6) is 5.75 Å². The zero-order chi connectivity index (χ0) is 31.7. The predicted molar refractivity (Wildman–Crippen MR) is 158 cm³/mol. The summed E-state index contributed by atoms with van der Waals surface area (Å²) in [4.78, 5) is 66.1. The minimum Gasteiger partial charge on any atom is -0.508 e. The van der Waals surface area contributed by atoms with Crippen LogP contribution in [0.1, 0.15) is 37.8 Å². The molecule has 1 heterocycles. The number of aliphatic carboxylic acids is 1. The van der Waals surface area contributed by atoms with Gasteiger partial charge in [-0.3, -0.25) is 19.2 Å². The minimum absolute atomic E-state index is 0.00468. The first-order valence-electron chi connectivity index (χ1n) is 13.8. The number of hydrogen-bond acceptors (Lipinski definition) is 7. The quantitative estimate of drug-likeness (QED) is 0.123. The first-order chi connectivity index (χ1) is 20.3. The van der Waals surface area contributed by atoms with Gasteiger partial charge in [0.1, 0.15) is 23.9 Å². The van der Waals surface area contributed by atoms with E-state index in [4.69, 9.17) is 11.5 Å². The zero-order valence-corrected chi connectivity index (χ0v) is 24.0. The Bertz CT molecular complexity index is 1450. The van der Waals surface area contributed by atoms with Gasteiger partial charge in [-0.15, -0.1) is 0 Å². The Hall–Kier alpha value is -4.91. The SMILES string of the molecule is CC(C)CC(NC(=O)C(Cc1ccc(O)cc1)NC(=O)C(N)CC(N)=O)C(=O)NC(Cc1c[nH]c2ccccc12)C(=O)O. The molecule has 4 amide bonds. The van der Waals surface area contributed by atoms with Crippen molar-refractivity contribution in [3.05, 3.63) is 65.9 Å². The number of aromatic amines is 1. The third kappa shape index (κ3) is 9.57. The standard InChI is InChI=1S/C30H38N6O7/c1-16(2)11-23(28(40)36-25(30(42)43)13-18-15-33-22-6-4-3-5-20(18)22)35-29(41)24(12-17-7-9-19(37)10-8-17)34-27(39)21(31)14-26(32)38/h3-10,15-16,21,23-25,33,37H,11-14,31H2,1-2H3,(H2,32,38)(H,34,39)(H,35,41)(H,36,40)(H,42,43). The van der Waals surface area contributed by atoms with E-state index < -0.39 is 60.2 Å². The van der Waals surface area contributed by atoms with Crippen LogP contribution in [-0.4, -0.2) is 69.0 Å². The largest absolute Gasteiger partial charge is 0.508 e. The third-order valence-electron chi connectivity index (χ3n) is 6.82. The molecule has 0 aliphatic rings. The normalized spacial score (nSPS) is 14.0. The van der Waals surface area contributed by atoms with Gasteiger partial charge in [0.25, 0.3) is 0 Å². The van der Waals surface area contributed by atoms with Gasteiger partial charge in [-0.2, -0.15) is 0 Å². The molecule has 3 aromatic rings. The summed E-state index contributed by atoms with van der Waals surface area (Å²) in [6, 6.07) is 8.40. The lowest BCUT2D eigenvalue weighted by Gasteiger charge is -2.26. The molecule has 43 heavy (non-hydrogen) atoms. The van der Waals surface area contributed by atoms with E-state index >= 15 is 0 Å². The monoisotopic (exact) mass is 594 g/mol. The van der Waals surface area contributed by atoms with Crippen LogP contribution in [0.4, 0.5) is 0 Å². The number of carboxylic acids is 1. The van der Waals surface area contributed by atoms with Crippen LogP contribution in [-0.2, 0) is 36.8 Å². The Balaban J connectivity index is 1.79. The van der Waals surface area contributed by atoms with Crippen molar-refractivity contribution in [2.75, 3.05) is 0 Å². The zero-order valence-electron chi connectivity index (χ0n) is 24.0. The van der Waals surface area contributed by atoms with E-state index in [0.717, 1.165) is 10.9 Å². The summed E-state index contributed by atoms with van der Waals surface area (Å²) >= 11 is 0. The lowest BCUT2D eigenvalue weighted by molar-refractivity contribution is -0.142. The number of nitrogens with two attached hydrogens (primary N) is 2. The number of benzene rings is 2. The molecule has 10 N–H and O–H groups in total. The first-order valence-corrected chi connectivity index (χ1v) is 13.8. The van der Waals surface area contributed by atoms with E-state index in [1.54, 1.807) is 18.3 Å². The molecule has 4 atom stereocenters. The third-order valence-corrected chi connectivity index (χ3v) is 6.82. The van der Waals surface area contributed by atoms with Crippen LogP contribution in [0.2, 0.25) is 0 Å². The molecule has 0 saturated carbocycles. The summed E-state index contributed by atoms with van der Waals surface area (Å²) in [6.45, 7) is 3.68. The maximum atomic E-state index is 13.5. The molecule has 0 aliphatic heterocycles. The lowest BCUT2D eigenvalue weighted by atomic mass is 9.99. The number of aromatic hydroxyl groups is 1. The number of amides is 4. The van der Waals surface area contributed by atoms with Gasteiger partial charge < -0.3 is 42.6 Å². The van der Waals surface area contributed by atoms with Crippen molar-refractivity contribution in [3.8, 4) is 5.75 Å². The van der Waals surface area contributed by atoms with E-state index in [1.807, 2.05) is 38.1 Å². The second-order valence-corrected chi connectivity index (χ2v) is 10.9. The van der Waals surface area contributed by atoms with Crippen LogP contribution in [0.3, 0.4) is 0 Å². The highest BCUT2D eigenvalue weighted by molar-refractivity contribution is 5.95. The Labute approximate surface area is 248 Å². The van der Waals surface area contributed by atoms with Crippen LogP contribution < -0.4 is 27.4 Å². The summed E-state index contributed by atoms with van der Waals surface area (Å²) in [6.07, 6.45) is 1.41. The molecule has 0 fully saturated rings. The fraction of sp³-hybridized carbons (Fsp3) is 0.367. The van der Waals surface area contributed by atoms with Gasteiger partial charge in [-0.1, -0.05) is 44.2 Å². The number of fused-ring (bicyclic) bond motifs is 1. The molecule has 0 bridgehead atoms. The highest BCUT2D eigenvalue weighted by Gasteiger charge is 2.31. The number of nitrogens with one attached hydrogen (secondary N) is 4.